The summed E-state index contributed by atoms with van der Waals surface area (Å²) in [4.78, 5) is 12.0. The van der Waals surface area contributed by atoms with Crippen molar-refractivity contribution in [2.75, 3.05) is 13.7 Å². The van der Waals surface area contributed by atoms with Crippen molar-refractivity contribution in [2.45, 2.75) is 6.92 Å². The van der Waals surface area contributed by atoms with Gasteiger partial charge in [-0.25, -0.2) is 5.43 Å². The number of carbonyl (C=O) groups excluding carboxylic acids is 1. The maximum atomic E-state index is 12.0. The van der Waals surface area contributed by atoms with Crippen LogP contribution in [0.15, 0.2) is 71.8 Å². The zero-order valence-corrected chi connectivity index (χ0v) is 14.7. The molecular weight excluding hydrogens is 328 g/mol. The Labute approximate surface area is 152 Å². The lowest BCUT2D eigenvalue weighted by atomic mass is 10.1. The summed E-state index contributed by atoms with van der Waals surface area (Å²) >= 11 is 0. The van der Waals surface area contributed by atoms with Crippen LogP contribution < -0.4 is 14.9 Å². The highest BCUT2D eigenvalue weighted by Crippen LogP contribution is 2.20. The third-order valence-corrected chi connectivity index (χ3v) is 3.95. The Morgan fingerprint density at radius 2 is 1.65 bits per heavy atom. The first-order chi connectivity index (χ1) is 12.7. The third-order valence-electron chi connectivity index (χ3n) is 3.95. The lowest BCUT2D eigenvalue weighted by Crippen LogP contribution is -2.25. The standard InChI is InChI=1S/C21H20N2O3/c1-15(16-7-10-19(25-2)11-8-16)22-23-21(24)14-26-20-12-9-17-5-3-4-6-18(17)13-20/h3-13H,14H2,1-2H3,(H,23,24)/b22-15-. The molecule has 0 aliphatic rings. The Kier molecular flexibility index (Phi) is 5.49. The quantitative estimate of drug-likeness (QED) is 0.545. The van der Waals surface area contributed by atoms with Crippen molar-refractivity contribution < 1.29 is 14.3 Å². The van der Waals surface area contributed by atoms with E-state index in [2.05, 4.69) is 10.5 Å². The predicted octanol–water partition coefficient (Wildman–Crippen LogP) is 3.77. The average Bonchev–Trinajstić information content (AvgIpc) is 2.70. The average molecular weight is 348 g/mol. The highest BCUT2D eigenvalue weighted by Gasteiger charge is 2.04. The van der Waals surface area contributed by atoms with Gasteiger partial charge in [0.2, 0.25) is 0 Å². The van der Waals surface area contributed by atoms with Crippen LogP contribution >= 0.6 is 0 Å². The van der Waals surface area contributed by atoms with Crippen LogP contribution in [0.1, 0.15) is 12.5 Å². The number of methoxy groups -OCH3 is 1. The van der Waals surface area contributed by atoms with Gasteiger partial charge < -0.3 is 9.47 Å². The van der Waals surface area contributed by atoms with E-state index in [1.807, 2.05) is 73.7 Å². The molecule has 0 fully saturated rings. The van der Waals surface area contributed by atoms with Gasteiger partial charge in [0, 0.05) is 0 Å². The lowest BCUT2D eigenvalue weighted by Gasteiger charge is -2.07. The summed E-state index contributed by atoms with van der Waals surface area (Å²) in [6.45, 7) is 1.73. The van der Waals surface area contributed by atoms with E-state index >= 15 is 0 Å². The number of hydrogen-bond acceptors (Lipinski definition) is 4. The summed E-state index contributed by atoms with van der Waals surface area (Å²) in [6, 6.07) is 21.2. The molecule has 3 rings (SSSR count). The molecule has 0 aliphatic heterocycles. The molecule has 0 aromatic heterocycles. The molecule has 0 atom stereocenters. The van der Waals surface area contributed by atoms with E-state index in [4.69, 9.17) is 9.47 Å². The van der Waals surface area contributed by atoms with Crippen molar-refractivity contribution >= 4 is 22.4 Å². The Morgan fingerprint density at radius 3 is 2.38 bits per heavy atom. The lowest BCUT2D eigenvalue weighted by molar-refractivity contribution is -0.123. The molecule has 3 aromatic rings. The molecule has 0 bridgehead atoms. The predicted molar refractivity (Wildman–Crippen MR) is 103 cm³/mol. The highest BCUT2D eigenvalue weighted by molar-refractivity contribution is 5.99. The Balaban J connectivity index is 1.55. The maximum absolute atomic E-state index is 12.0. The number of ether oxygens (including phenoxy) is 2. The summed E-state index contributed by atoms with van der Waals surface area (Å²) in [5, 5.41) is 6.31. The fourth-order valence-corrected chi connectivity index (χ4v) is 2.48. The van der Waals surface area contributed by atoms with Gasteiger partial charge in [-0.1, -0.05) is 30.3 Å². The molecule has 0 spiro atoms. The van der Waals surface area contributed by atoms with Gasteiger partial charge in [-0.3, -0.25) is 4.79 Å². The Hall–Kier alpha value is -3.34. The number of nitrogens with zero attached hydrogens (tertiary/aromatic N) is 1. The monoisotopic (exact) mass is 348 g/mol. The van der Waals surface area contributed by atoms with Gasteiger partial charge >= 0.3 is 0 Å². The summed E-state index contributed by atoms with van der Waals surface area (Å²) in [5.74, 6) is 1.11. The van der Waals surface area contributed by atoms with Crippen LogP contribution in [0.4, 0.5) is 0 Å². The number of hydrogen-bond donors (Lipinski definition) is 1. The van der Waals surface area contributed by atoms with E-state index in [1.54, 1.807) is 7.11 Å². The molecule has 132 valence electrons. The first kappa shape index (κ1) is 17.5. The minimum atomic E-state index is -0.314. The van der Waals surface area contributed by atoms with Gasteiger partial charge in [-0.2, -0.15) is 5.10 Å². The molecule has 0 saturated heterocycles. The molecule has 0 radical (unpaired) electrons. The van der Waals surface area contributed by atoms with Gasteiger partial charge in [0.25, 0.3) is 5.91 Å². The Bertz CT molecular complexity index is 933. The second-order valence-corrected chi connectivity index (χ2v) is 5.76. The molecule has 3 aromatic carbocycles. The maximum Gasteiger partial charge on any atom is 0.277 e. The minimum absolute atomic E-state index is 0.0995. The van der Waals surface area contributed by atoms with Crippen molar-refractivity contribution in [3.05, 3.63) is 72.3 Å². The van der Waals surface area contributed by atoms with E-state index in [1.165, 1.54) is 0 Å². The van der Waals surface area contributed by atoms with Crippen LogP contribution in [0.5, 0.6) is 11.5 Å². The smallest absolute Gasteiger partial charge is 0.277 e. The van der Waals surface area contributed by atoms with E-state index in [0.29, 0.717) is 11.5 Å². The van der Waals surface area contributed by atoms with Crippen LogP contribution in [0, 0.1) is 0 Å². The SMILES string of the molecule is COc1ccc(/C(C)=N\NC(=O)COc2ccc3ccccc3c2)cc1. The second-order valence-electron chi connectivity index (χ2n) is 5.76. The van der Waals surface area contributed by atoms with Crippen LogP contribution in [-0.4, -0.2) is 25.3 Å². The van der Waals surface area contributed by atoms with Gasteiger partial charge in [-0.05, 0) is 59.7 Å². The van der Waals surface area contributed by atoms with E-state index in [0.717, 1.165) is 22.1 Å². The summed E-state index contributed by atoms with van der Waals surface area (Å²) in [5.41, 5.74) is 4.11. The summed E-state index contributed by atoms with van der Waals surface area (Å²) < 4.78 is 10.7. The molecule has 5 nitrogen and oxygen atoms in total. The molecule has 1 amide bonds. The fraction of sp³-hybridized carbons (Fsp3) is 0.143. The van der Waals surface area contributed by atoms with E-state index < -0.39 is 0 Å². The van der Waals surface area contributed by atoms with Gasteiger partial charge in [-0.15, -0.1) is 0 Å². The fourth-order valence-electron chi connectivity index (χ4n) is 2.48. The van der Waals surface area contributed by atoms with E-state index in [-0.39, 0.29) is 12.5 Å². The van der Waals surface area contributed by atoms with Crippen molar-refractivity contribution in [2.24, 2.45) is 5.10 Å². The number of nitrogens with one attached hydrogen (secondary N) is 1. The number of carbonyl (C=O) groups is 1. The molecular formula is C21H20N2O3. The number of benzene rings is 3. The molecule has 26 heavy (non-hydrogen) atoms. The Morgan fingerprint density at radius 1 is 0.962 bits per heavy atom. The van der Waals surface area contributed by atoms with Crippen molar-refractivity contribution in [3.8, 4) is 11.5 Å². The van der Waals surface area contributed by atoms with Crippen LogP contribution in [0.2, 0.25) is 0 Å². The van der Waals surface area contributed by atoms with Crippen LogP contribution in [0.25, 0.3) is 10.8 Å². The van der Waals surface area contributed by atoms with Crippen molar-refractivity contribution in [3.63, 3.8) is 0 Å². The van der Waals surface area contributed by atoms with Crippen LogP contribution in [0.3, 0.4) is 0 Å². The third kappa shape index (κ3) is 4.39. The largest absolute Gasteiger partial charge is 0.497 e. The number of rotatable bonds is 6. The number of fused-ring (bicyclic) bond motifs is 1. The number of hydrazone groups is 1. The molecule has 0 unspecified atom stereocenters. The van der Waals surface area contributed by atoms with Crippen molar-refractivity contribution in [1.29, 1.82) is 0 Å². The first-order valence-corrected chi connectivity index (χ1v) is 8.25. The summed E-state index contributed by atoms with van der Waals surface area (Å²) in [7, 11) is 1.62. The van der Waals surface area contributed by atoms with E-state index in [9.17, 15) is 4.79 Å². The highest BCUT2D eigenvalue weighted by atomic mass is 16.5. The molecule has 0 aliphatic carbocycles. The normalized spacial score (nSPS) is 11.2. The zero-order valence-electron chi connectivity index (χ0n) is 14.7. The molecule has 0 saturated carbocycles. The minimum Gasteiger partial charge on any atom is -0.497 e. The topological polar surface area (TPSA) is 59.9 Å². The number of amides is 1. The zero-order chi connectivity index (χ0) is 18.4. The molecule has 1 N–H and O–H groups in total. The van der Waals surface area contributed by atoms with Gasteiger partial charge in [0.05, 0.1) is 12.8 Å². The second kappa shape index (κ2) is 8.16. The van der Waals surface area contributed by atoms with Crippen molar-refractivity contribution in [1.82, 2.24) is 5.43 Å². The summed E-state index contributed by atoms with van der Waals surface area (Å²) in [6.07, 6.45) is 0. The van der Waals surface area contributed by atoms with Crippen LogP contribution in [-0.2, 0) is 4.79 Å². The molecule has 0 heterocycles. The van der Waals surface area contributed by atoms with Gasteiger partial charge in [0.1, 0.15) is 11.5 Å². The van der Waals surface area contributed by atoms with Gasteiger partial charge in [0.15, 0.2) is 6.61 Å². The first-order valence-electron chi connectivity index (χ1n) is 8.25. The molecule has 5 heteroatoms.